The molecule has 0 radical (unpaired) electrons. The van der Waals surface area contributed by atoms with Crippen LogP contribution in [0.3, 0.4) is 0 Å². The van der Waals surface area contributed by atoms with E-state index < -0.39 is 5.91 Å². The molecule has 7 heteroatoms. The van der Waals surface area contributed by atoms with E-state index in [0.717, 1.165) is 22.1 Å². The van der Waals surface area contributed by atoms with Gasteiger partial charge in [0.15, 0.2) is 11.6 Å². The Hall–Kier alpha value is -3.61. The summed E-state index contributed by atoms with van der Waals surface area (Å²) in [6, 6.07) is 7.04. The highest BCUT2D eigenvalue weighted by molar-refractivity contribution is 6.17. The van der Waals surface area contributed by atoms with Gasteiger partial charge < -0.3 is 16.5 Å². The van der Waals surface area contributed by atoms with Gasteiger partial charge >= 0.3 is 0 Å². The number of nitrogens with zero attached hydrogens (tertiary/aromatic N) is 2. The van der Waals surface area contributed by atoms with Crippen LogP contribution in [0.25, 0.3) is 33.0 Å². The molecule has 5 rings (SSSR count). The van der Waals surface area contributed by atoms with Crippen LogP contribution < -0.4 is 21.3 Å². The van der Waals surface area contributed by atoms with Crippen molar-refractivity contribution in [3.8, 4) is 0 Å². The standard InChI is InChI=1S/C18H13N5O2/c1-8-12(24)5-4-11-14(8)23-15-9(13(17(23)19)18(20)25)2-3-10-16(15)22(11)7-6-21-10/h2-7,19H,1H3,(H3,20,24,25)/p+1. The van der Waals surface area contributed by atoms with E-state index in [0.29, 0.717) is 16.5 Å². The molecule has 1 amide bonds. The summed E-state index contributed by atoms with van der Waals surface area (Å²) >= 11 is 0. The minimum atomic E-state index is -0.591. The minimum absolute atomic E-state index is 0.0839. The zero-order valence-corrected chi connectivity index (χ0v) is 13.3. The normalized spacial score (nSPS) is 12.0. The number of aryl methyl sites for hydroxylation is 1. The Bertz CT molecular complexity index is 1410. The number of carbonyl (C=O) groups excluding carboxylic acids is 1. The van der Waals surface area contributed by atoms with Gasteiger partial charge in [-0.25, -0.2) is 0 Å². The van der Waals surface area contributed by atoms with Crippen molar-refractivity contribution in [2.45, 2.75) is 6.92 Å². The van der Waals surface area contributed by atoms with Crippen LogP contribution in [0.15, 0.2) is 41.5 Å². The molecule has 0 aliphatic carbocycles. The fraction of sp³-hybridized carbons (Fsp3) is 0.0556. The number of H-pyrrole nitrogens is 1. The summed E-state index contributed by atoms with van der Waals surface area (Å²) in [6.07, 6.45) is 3.72. The van der Waals surface area contributed by atoms with E-state index >= 15 is 0 Å². The van der Waals surface area contributed by atoms with E-state index in [9.17, 15) is 9.59 Å². The second-order valence-corrected chi connectivity index (χ2v) is 6.20. The molecule has 25 heavy (non-hydrogen) atoms. The molecule has 2 aromatic carbocycles. The van der Waals surface area contributed by atoms with Crippen molar-refractivity contribution in [1.82, 2.24) is 9.38 Å². The first kappa shape index (κ1) is 13.8. The van der Waals surface area contributed by atoms with Crippen molar-refractivity contribution in [2.75, 3.05) is 5.73 Å². The van der Waals surface area contributed by atoms with Crippen LogP contribution in [0.1, 0.15) is 15.9 Å². The van der Waals surface area contributed by atoms with Crippen LogP contribution in [0.2, 0.25) is 0 Å². The minimum Gasteiger partial charge on any atom is -0.384 e. The summed E-state index contributed by atoms with van der Waals surface area (Å²) in [6.45, 7) is 1.76. The Morgan fingerprint density at radius 2 is 2.00 bits per heavy atom. The molecule has 0 spiro atoms. The predicted octanol–water partition coefficient (Wildman–Crippen LogP) is 1.10. The second-order valence-electron chi connectivity index (χ2n) is 6.20. The van der Waals surface area contributed by atoms with Gasteiger partial charge in [0.1, 0.15) is 22.4 Å². The van der Waals surface area contributed by atoms with Crippen molar-refractivity contribution in [3.05, 3.63) is 58.0 Å². The van der Waals surface area contributed by atoms with Crippen LogP contribution in [0, 0.1) is 6.92 Å². The average molecular weight is 332 g/mol. The predicted molar refractivity (Wildman–Crippen MR) is 95.0 cm³/mol. The number of aromatic nitrogens is 3. The molecule has 5 N–H and O–H groups in total. The molecule has 0 unspecified atom stereocenters. The number of rotatable bonds is 1. The van der Waals surface area contributed by atoms with Gasteiger partial charge in [-0.3, -0.25) is 14.0 Å². The lowest BCUT2D eigenvalue weighted by Crippen LogP contribution is -2.27. The third kappa shape index (κ3) is 1.47. The van der Waals surface area contributed by atoms with Crippen molar-refractivity contribution in [1.29, 1.82) is 0 Å². The van der Waals surface area contributed by atoms with Gasteiger partial charge in [0.05, 0.1) is 11.8 Å². The third-order valence-electron chi connectivity index (χ3n) is 4.93. The first-order valence-electron chi connectivity index (χ1n) is 7.81. The third-order valence-corrected chi connectivity index (χ3v) is 4.93. The Morgan fingerprint density at radius 3 is 2.76 bits per heavy atom. The van der Waals surface area contributed by atoms with E-state index in [4.69, 9.17) is 11.5 Å². The number of aromatic amines is 1. The zero-order valence-electron chi connectivity index (χ0n) is 13.3. The smallest absolute Gasteiger partial charge is 0.259 e. The molecule has 0 saturated carbocycles. The molecular weight excluding hydrogens is 318 g/mol. The van der Waals surface area contributed by atoms with E-state index in [1.54, 1.807) is 23.5 Å². The van der Waals surface area contributed by atoms with Crippen molar-refractivity contribution in [2.24, 2.45) is 5.73 Å². The largest absolute Gasteiger partial charge is 0.384 e. The highest BCUT2D eigenvalue weighted by atomic mass is 16.1. The Kier molecular flexibility index (Phi) is 2.35. The number of benzene rings is 2. The Balaban J connectivity index is 2.31. The van der Waals surface area contributed by atoms with Gasteiger partial charge in [0.25, 0.3) is 11.4 Å². The summed E-state index contributed by atoms with van der Waals surface area (Å²) in [4.78, 5) is 27.5. The maximum absolute atomic E-state index is 12.3. The maximum Gasteiger partial charge on any atom is 0.259 e. The summed E-state index contributed by atoms with van der Waals surface area (Å²) in [5.41, 5.74) is 16.7. The number of hydrogen-bond acceptors (Lipinski definition) is 3. The number of nitrogens with one attached hydrogen (secondary N) is 1. The summed E-state index contributed by atoms with van der Waals surface area (Å²) in [7, 11) is 0. The van der Waals surface area contributed by atoms with E-state index in [2.05, 4.69) is 4.98 Å². The van der Waals surface area contributed by atoms with Gasteiger partial charge in [-0.15, -0.1) is 0 Å². The molecule has 0 fully saturated rings. The van der Waals surface area contributed by atoms with E-state index in [1.807, 2.05) is 28.9 Å². The van der Waals surface area contributed by atoms with Crippen LogP contribution in [0.4, 0.5) is 5.82 Å². The molecule has 0 atom stereocenters. The molecular formula is C18H14N5O2+. The van der Waals surface area contributed by atoms with Gasteiger partial charge in [0.2, 0.25) is 5.52 Å². The fourth-order valence-corrected chi connectivity index (χ4v) is 3.85. The van der Waals surface area contributed by atoms with Gasteiger partial charge in [-0.1, -0.05) is 0 Å². The molecule has 7 nitrogen and oxygen atoms in total. The molecule has 3 aromatic heterocycles. The fourth-order valence-electron chi connectivity index (χ4n) is 3.85. The van der Waals surface area contributed by atoms with Gasteiger partial charge in [-0.2, -0.15) is 4.40 Å². The lowest BCUT2D eigenvalue weighted by atomic mass is 10.1. The number of fused-ring (bicyclic) bond motifs is 3. The van der Waals surface area contributed by atoms with E-state index in [1.165, 1.54) is 0 Å². The van der Waals surface area contributed by atoms with Gasteiger partial charge in [0, 0.05) is 17.0 Å². The molecule has 3 heterocycles. The lowest BCUT2D eigenvalue weighted by molar-refractivity contribution is -0.480. The maximum atomic E-state index is 12.3. The highest BCUT2D eigenvalue weighted by Crippen LogP contribution is 2.34. The monoisotopic (exact) mass is 332 g/mol. The summed E-state index contributed by atoms with van der Waals surface area (Å²) in [5.74, 6) is -0.341. The Morgan fingerprint density at radius 1 is 1.20 bits per heavy atom. The average Bonchev–Trinajstić information content (AvgIpc) is 2.90. The number of primary amides is 1. The Labute approximate surface area is 140 Å². The SMILES string of the molecule is Cc1c(=O)ccc2c1n1c(N)c(C(N)=O)c3ccc4[nH]cc[n+]2c4c31. The molecule has 0 aliphatic rings. The first-order chi connectivity index (χ1) is 12.0. The van der Waals surface area contributed by atoms with Gasteiger partial charge in [-0.05, 0) is 25.1 Å². The van der Waals surface area contributed by atoms with Crippen molar-refractivity contribution < 1.29 is 9.20 Å². The van der Waals surface area contributed by atoms with Crippen LogP contribution in [0.5, 0.6) is 0 Å². The van der Waals surface area contributed by atoms with Crippen molar-refractivity contribution in [3.63, 3.8) is 0 Å². The quantitative estimate of drug-likeness (QED) is 0.243. The highest BCUT2D eigenvalue weighted by Gasteiger charge is 2.28. The zero-order chi connectivity index (χ0) is 17.5. The number of nitrogens with two attached hydrogens (primary N) is 2. The molecule has 0 aliphatic heterocycles. The number of hydrogen-bond donors (Lipinski definition) is 3. The topological polar surface area (TPSA) is 110 Å². The van der Waals surface area contributed by atoms with Crippen LogP contribution >= 0.6 is 0 Å². The molecule has 0 saturated heterocycles. The first-order valence-corrected chi connectivity index (χ1v) is 7.81. The number of amides is 1. The second kappa shape index (κ2) is 4.27. The lowest BCUT2D eigenvalue weighted by Gasteiger charge is -2.08. The van der Waals surface area contributed by atoms with E-state index in [-0.39, 0.29) is 16.8 Å². The summed E-state index contributed by atoms with van der Waals surface area (Å²) in [5, 5.41) is 0.673. The summed E-state index contributed by atoms with van der Waals surface area (Å²) < 4.78 is 3.78. The molecule has 5 aromatic rings. The molecule has 0 bridgehead atoms. The van der Waals surface area contributed by atoms with Crippen LogP contribution in [-0.2, 0) is 0 Å². The van der Waals surface area contributed by atoms with Crippen molar-refractivity contribution >= 4 is 44.7 Å². The molecule has 122 valence electrons. The van der Waals surface area contributed by atoms with Crippen LogP contribution in [-0.4, -0.2) is 15.3 Å². The number of carbonyl (C=O) groups is 1. The number of anilines is 1. The number of nitrogen functional groups attached to an aromatic ring is 1.